The molecule has 0 aliphatic carbocycles. The first kappa shape index (κ1) is 16.3. The number of rotatable bonds is 6. The molecule has 1 aromatic rings. The second-order valence-corrected chi connectivity index (χ2v) is 7.18. The van der Waals surface area contributed by atoms with E-state index >= 15 is 0 Å². The summed E-state index contributed by atoms with van der Waals surface area (Å²) in [6.45, 7) is 7.58. The third-order valence-corrected chi connectivity index (χ3v) is 5.02. The monoisotopic (exact) mass is 312 g/mol. The number of nitrogens with two attached hydrogens (primary N) is 1. The third-order valence-electron chi connectivity index (χ3n) is 3.80. The van der Waals surface area contributed by atoms with E-state index in [0.717, 1.165) is 13.0 Å². The molecule has 0 radical (unpaired) electrons. The number of hydrogen-bond donors (Lipinski definition) is 1. The molecule has 2 rings (SSSR count). The van der Waals surface area contributed by atoms with E-state index in [4.69, 9.17) is 9.88 Å². The van der Waals surface area contributed by atoms with Crippen LogP contribution in [0.25, 0.3) is 0 Å². The van der Waals surface area contributed by atoms with Gasteiger partial charge in [0.05, 0.1) is 11.5 Å². The molecule has 118 valence electrons. The van der Waals surface area contributed by atoms with Crippen molar-refractivity contribution in [1.29, 1.82) is 0 Å². The van der Waals surface area contributed by atoms with Crippen LogP contribution >= 0.6 is 0 Å². The average Bonchev–Trinajstić information content (AvgIpc) is 2.85. The summed E-state index contributed by atoms with van der Waals surface area (Å²) in [4.78, 5) is 2.65. The van der Waals surface area contributed by atoms with Gasteiger partial charge < -0.3 is 9.64 Å². The standard InChI is InChI=1S/C15H24N2O3S/c1-12-10-14(11-13(2)15(12)21(16,18)19)20-9-5-8-17-6-3-4-7-17/h10-11H,3-9H2,1-2H3,(H2,16,18,19). The number of nitrogens with zero attached hydrogens (tertiary/aromatic N) is 1. The molecule has 0 saturated carbocycles. The number of ether oxygens (including phenoxy) is 1. The van der Waals surface area contributed by atoms with E-state index in [1.165, 1.54) is 25.9 Å². The summed E-state index contributed by atoms with van der Waals surface area (Å²) in [5.74, 6) is 0.707. The number of likely N-dealkylation sites (tertiary alicyclic amines) is 1. The van der Waals surface area contributed by atoms with Gasteiger partial charge in [-0.3, -0.25) is 0 Å². The smallest absolute Gasteiger partial charge is 0.238 e. The maximum absolute atomic E-state index is 11.5. The van der Waals surface area contributed by atoms with Crippen LogP contribution in [0.5, 0.6) is 5.75 Å². The highest BCUT2D eigenvalue weighted by atomic mass is 32.2. The first-order valence-corrected chi connectivity index (χ1v) is 8.92. The number of aryl methyl sites for hydroxylation is 2. The van der Waals surface area contributed by atoms with Crippen molar-refractivity contribution in [3.63, 3.8) is 0 Å². The Hall–Kier alpha value is -1.11. The van der Waals surface area contributed by atoms with Gasteiger partial charge in [0.25, 0.3) is 0 Å². The summed E-state index contributed by atoms with van der Waals surface area (Å²) in [5, 5.41) is 5.23. The topological polar surface area (TPSA) is 72.6 Å². The van der Waals surface area contributed by atoms with E-state index in [1.54, 1.807) is 26.0 Å². The van der Waals surface area contributed by atoms with Crippen LogP contribution < -0.4 is 9.88 Å². The minimum Gasteiger partial charge on any atom is -0.494 e. The van der Waals surface area contributed by atoms with Crippen molar-refractivity contribution in [2.75, 3.05) is 26.2 Å². The number of primary sulfonamides is 1. The average molecular weight is 312 g/mol. The second kappa shape index (κ2) is 6.77. The first-order chi connectivity index (χ1) is 9.88. The minimum atomic E-state index is -3.68. The molecule has 0 spiro atoms. The zero-order valence-electron chi connectivity index (χ0n) is 12.8. The maximum atomic E-state index is 11.5. The molecule has 6 heteroatoms. The number of sulfonamides is 1. The molecule has 0 bridgehead atoms. The Bertz CT molecular complexity index is 570. The highest BCUT2D eigenvalue weighted by Gasteiger charge is 2.16. The van der Waals surface area contributed by atoms with E-state index in [1.807, 2.05) is 0 Å². The van der Waals surface area contributed by atoms with Gasteiger partial charge in [-0.2, -0.15) is 0 Å². The van der Waals surface area contributed by atoms with Crippen LogP contribution in [0.2, 0.25) is 0 Å². The molecule has 0 unspecified atom stereocenters. The minimum absolute atomic E-state index is 0.201. The van der Waals surface area contributed by atoms with Crippen LogP contribution in [0.3, 0.4) is 0 Å². The van der Waals surface area contributed by atoms with Gasteiger partial charge in [-0.05, 0) is 69.5 Å². The van der Waals surface area contributed by atoms with Gasteiger partial charge in [-0.25, -0.2) is 13.6 Å². The molecule has 5 nitrogen and oxygen atoms in total. The van der Waals surface area contributed by atoms with Gasteiger partial charge in [0.1, 0.15) is 5.75 Å². The molecule has 1 aliphatic rings. The summed E-state index contributed by atoms with van der Waals surface area (Å²) in [5.41, 5.74) is 1.26. The molecular weight excluding hydrogens is 288 g/mol. The van der Waals surface area contributed by atoms with Crippen molar-refractivity contribution in [2.45, 2.75) is 38.0 Å². The van der Waals surface area contributed by atoms with Crippen LogP contribution in [0.1, 0.15) is 30.4 Å². The van der Waals surface area contributed by atoms with Gasteiger partial charge in [0, 0.05) is 6.54 Å². The molecule has 0 amide bonds. The fourth-order valence-electron chi connectivity index (χ4n) is 2.93. The normalized spacial score (nSPS) is 16.3. The Kier molecular flexibility index (Phi) is 5.24. The lowest BCUT2D eigenvalue weighted by molar-refractivity contribution is 0.263. The Balaban J connectivity index is 1.92. The summed E-state index contributed by atoms with van der Waals surface area (Å²) < 4.78 is 28.8. The SMILES string of the molecule is Cc1cc(OCCCN2CCCC2)cc(C)c1S(N)(=O)=O. The van der Waals surface area contributed by atoms with E-state index in [2.05, 4.69) is 4.90 Å². The highest BCUT2D eigenvalue weighted by molar-refractivity contribution is 7.89. The van der Waals surface area contributed by atoms with Gasteiger partial charge in [-0.15, -0.1) is 0 Å². The van der Waals surface area contributed by atoms with E-state index in [9.17, 15) is 8.42 Å². The van der Waals surface area contributed by atoms with E-state index in [0.29, 0.717) is 23.5 Å². The predicted molar refractivity (Wildman–Crippen MR) is 83.1 cm³/mol. The lowest BCUT2D eigenvalue weighted by Crippen LogP contribution is -2.22. The molecular formula is C15H24N2O3S. The zero-order valence-corrected chi connectivity index (χ0v) is 13.6. The van der Waals surface area contributed by atoms with E-state index < -0.39 is 10.0 Å². The fraction of sp³-hybridized carbons (Fsp3) is 0.600. The lowest BCUT2D eigenvalue weighted by Gasteiger charge is -2.15. The van der Waals surface area contributed by atoms with Gasteiger partial charge >= 0.3 is 0 Å². The molecule has 1 saturated heterocycles. The molecule has 21 heavy (non-hydrogen) atoms. The van der Waals surface area contributed by atoms with Crippen molar-refractivity contribution in [1.82, 2.24) is 4.90 Å². The fourth-order valence-corrected chi connectivity index (χ4v) is 3.94. The molecule has 1 aromatic carbocycles. The highest BCUT2D eigenvalue weighted by Crippen LogP contribution is 2.25. The Morgan fingerprint density at radius 3 is 2.29 bits per heavy atom. The Morgan fingerprint density at radius 2 is 1.76 bits per heavy atom. The first-order valence-electron chi connectivity index (χ1n) is 7.37. The van der Waals surface area contributed by atoms with Crippen LogP contribution in [0.15, 0.2) is 17.0 Å². The molecule has 0 aromatic heterocycles. The Morgan fingerprint density at radius 1 is 1.19 bits per heavy atom. The second-order valence-electron chi connectivity index (χ2n) is 5.68. The molecule has 1 aliphatic heterocycles. The molecule has 0 atom stereocenters. The Labute approximate surface area is 127 Å². The van der Waals surface area contributed by atoms with E-state index in [-0.39, 0.29) is 4.90 Å². The molecule has 2 N–H and O–H groups in total. The van der Waals surface area contributed by atoms with Crippen LogP contribution in [0.4, 0.5) is 0 Å². The maximum Gasteiger partial charge on any atom is 0.238 e. The van der Waals surface area contributed by atoms with Gasteiger partial charge in [0.2, 0.25) is 10.0 Å². The summed E-state index contributed by atoms with van der Waals surface area (Å²) in [7, 11) is -3.68. The predicted octanol–water partition coefficient (Wildman–Crippen LogP) is 1.82. The molecule has 1 fully saturated rings. The lowest BCUT2D eigenvalue weighted by atomic mass is 10.1. The summed E-state index contributed by atoms with van der Waals surface area (Å²) >= 11 is 0. The van der Waals surface area contributed by atoms with Crippen molar-refractivity contribution in [2.24, 2.45) is 5.14 Å². The van der Waals surface area contributed by atoms with Crippen molar-refractivity contribution >= 4 is 10.0 Å². The summed E-state index contributed by atoms with van der Waals surface area (Å²) in [6, 6.07) is 3.48. The van der Waals surface area contributed by atoms with Crippen molar-refractivity contribution in [3.05, 3.63) is 23.3 Å². The largest absolute Gasteiger partial charge is 0.494 e. The van der Waals surface area contributed by atoms with Crippen LogP contribution in [-0.2, 0) is 10.0 Å². The number of benzene rings is 1. The molecule has 1 heterocycles. The third kappa shape index (κ3) is 4.43. The van der Waals surface area contributed by atoms with Crippen LogP contribution in [0, 0.1) is 13.8 Å². The van der Waals surface area contributed by atoms with Crippen molar-refractivity contribution < 1.29 is 13.2 Å². The number of hydrogen-bond acceptors (Lipinski definition) is 4. The van der Waals surface area contributed by atoms with Crippen molar-refractivity contribution in [3.8, 4) is 5.75 Å². The quantitative estimate of drug-likeness (QED) is 0.813. The van der Waals surface area contributed by atoms with Crippen LogP contribution in [-0.4, -0.2) is 39.6 Å². The van der Waals surface area contributed by atoms with Gasteiger partial charge in [0.15, 0.2) is 0 Å². The zero-order chi connectivity index (χ0) is 15.5. The van der Waals surface area contributed by atoms with Gasteiger partial charge in [-0.1, -0.05) is 0 Å². The summed E-state index contributed by atoms with van der Waals surface area (Å²) in [6.07, 6.45) is 3.58.